The largest absolute Gasteiger partial charge is 0.545 e. The molecule has 4 aliphatic rings. The molecule has 5 heteroatoms. The van der Waals surface area contributed by atoms with Crippen molar-refractivity contribution in [3.8, 4) is 0 Å². The fraction of sp³-hybridized carbons (Fsp3) is 0.733. The van der Waals surface area contributed by atoms with Gasteiger partial charge in [0.2, 0.25) is 5.79 Å². The number of aliphatic carboxylic acids is 1. The first-order valence-corrected chi connectivity index (χ1v) is 7.09. The molecule has 2 heterocycles. The predicted molar refractivity (Wildman–Crippen MR) is 64.9 cm³/mol. The van der Waals surface area contributed by atoms with E-state index in [0.29, 0.717) is 6.61 Å². The summed E-state index contributed by atoms with van der Waals surface area (Å²) in [7, 11) is 0. The Labute approximate surface area is 116 Å². The number of hydrogen-bond donors (Lipinski definition) is 0. The monoisotopic (exact) mass is 277 g/mol. The van der Waals surface area contributed by atoms with Crippen molar-refractivity contribution < 1.29 is 24.2 Å². The van der Waals surface area contributed by atoms with E-state index in [2.05, 4.69) is 13.8 Å². The normalized spacial score (nSPS) is 47.5. The van der Waals surface area contributed by atoms with Crippen LogP contribution in [0.25, 0.3) is 0 Å². The lowest BCUT2D eigenvalue weighted by atomic mass is 9.63. The number of rotatable bonds is 1. The number of carbonyl (C=O) groups is 2. The first-order valence-electron chi connectivity index (χ1n) is 7.09. The quantitative estimate of drug-likeness (QED) is 0.511. The summed E-state index contributed by atoms with van der Waals surface area (Å²) in [6, 6.07) is 0. The molecule has 2 saturated heterocycles. The molecule has 0 aromatic carbocycles. The molecule has 108 valence electrons. The summed E-state index contributed by atoms with van der Waals surface area (Å²) < 4.78 is 11.1. The van der Waals surface area contributed by atoms with Crippen LogP contribution in [0.15, 0.2) is 11.6 Å². The number of carbonyl (C=O) groups excluding carboxylic acids is 2. The van der Waals surface area contributed by atoms with E-state index in [-0.39, 0.29) is 35.2 Å². The maximum absolute atomic E-state index is 11.8. The van der Waals surface area contributed by atoms with Crippen LogP contribution >= 0.6 is 0 Å². The average Bonchev–Trinajstić information content (AvgIpc) is 2.93. The van der Waals surface area contributed by atoms with Crippen LogP contribution in [0.4, 0.5) is 0 Å². The van der Waals surface area contributed by atoms with Gasteiger partial charge in [0.05, 0.1) is 17.8 Å². The third kappa shape index (κ3) is 1.27. The molecule has 0 radical (unpaired) electrons. The number of hydrogen-bond acceptors (Lipinski definition) is 5. The highest BCUT2D eigenvalue weighted by atomic mass is 16.8. The maximum atomic E-state index is 11.8. The van der Waals surface area contributed by atoms with Crippen molar-refractivity contribution >= 4 is 11.9 Å². The second-order valence-electron chi connectivity index (χ2n) is 7.37. The lowest BCUT2D eigenvalue weighted by Crippen LogP contribution is -2.53. The van der Waals surface area contributed by atoms with Crippen LogP contribution < -0.4 is 5.11 Å². The lowest BCUT2D eigenvalue weighted by molar-refractivity contribution is -0.300. The van der Waals surface area contributed by atoms with Crippen molar-refractivity contribution in [2.45, 2.75) is 38.9 Å². The molecule has 0 aromatic heterocycles. The minimum absolute atomic E-state index is 0.0889. The van der Waals surface area contributed by atoms with Crippen molar-refractivity contribution in [3.63, 3.8) is 0 Å². The van der Waals surface area contributed by atoms with E-state index >= 15 is 0 Å². The molecule has 3 fully saturated rings. The smallest absolute Gasteiger partial charge is 0.309 e. The van der Waals surface area contributed by atoms with Crippen LogP contribution in [0.1, 0.15) is 33.1 Å². The highest BCUT2D eigenvalue weighted by Crippen LogP contribution is 2.72. The van der Waals surface area contributed by atoms with Crippen molar-refractivity contribution in [2.75, 3.05) is 6.61 Å². The maximum Gasteiger partial charge on any atom is 0.309 e. The Morgan fingerprint density at radius 3 is 2.75 bits per heavy atom. The van der Waals surface area contributed by atoms with Crippen molar-refractivity contribution in [1.29, 1.82) is 0 Å². The Morgan fingerprint density at radius 2 is 2.15 bits per heavy atom. The molecule has 0 amide bonds. The Hall–Kier alpha value is -1.36. The van der Waals surface area contributed by atoms with E-state index < -0.39 is 17.2 Å². The van der Waals surface area contributed by atoms with Crippen molar-refractivity contribution in [1.82, 2.24) is 0 Å². The first-order chi connectivity index (χ1) is 9.30. The SMILES string of the molecule is CC1(C)CC2C=C(C(=O)[O-])[C@@H]3CC(=O)O[C@]4(CO4)[C@]23C1. The van der Waals surface area contributed by atoms with Gasteiger partial charge in [0.25, 0.3) is 0 Å². The summed E-state index contributed by atoms with van der Waals surface area (Å²) in [5.41, 5.74) is -0.0311. The highest BCUT2D eigenvalue weighted by Gasteiger charge is 2.77. The number of carboxylic acids is 1. The molecule has 4 rings (SSSR count). The van der Waals surface area contributed by atoms with Gasteiger partial charge < -0.3 is 19.4 Å². The molecular formula is C15H17O5-. The Kier molecular flexibility index (Phi) is 2.03. The van der Waals surface area contributed by atoms with E-state index in [4.69, 9.17) is 9.47 Å². The fourth-order valence-electron chi connectivity index (χ4n) is 5.04. The zero-order valence-corrected chi connectivity index (χ0v) is 11.6. The Morgan fingerprint density at radius 1 is 1.45 bits per heavy atom. The van der Waals surface area contributed by atoms with Gasteiger partial charge in [0.15, 0.2) is 0 Å². The second kappa shape index (κ2) is 3.27. The summed E-state index contributed by atoms with van der Waals surface area (Å²) in [5, 5.41) is 11.4. The van der Waals surface area contributed by atoms with Crippen LogP contribution in [0.5, 0.6) is 0 Å². The van der Waals surface area contributed by atoms with Gasteiger partial charge in [0, 0.05) is 5.92 Å². The molecule has 1 unspecified atom stereocenters. The summed E-state index contributed by atoms with van der Waals surface area (Å²) in [6.45, 7) is 4.74. The van der Waals surface area contributed by atoms with Gasteiger partial charge in [-0.1, -0.05) is 19.9 Å². The van der Waals surface area contributed by atoms with Crippen molar-refractivity contribution in [3.05, 3.63) is 11.6 Å². The summed E-state index contributed by atoms with van der Waals surface area (Å²) in [4.78, 5) is 23.2. The minimum Gasteiger partial charge on any atom is -0.545 e. The van der Waals surface area contributed by atoms with Crippen LogP contribution in [-0.2, 0) is 19.1 Å². The molecule has 0 aromatic rings. The molecule has 2 spiro atoms. The van der Waals surface area contributed by atoms with Gasteiger partial charge in [0.1, 0.15) is 6.61 Å². The number of carboxylic acid groups (broad SMARTS) is 1. The molecule has 0 bridgehead atoms. The summed E-state index contributed by atoms with van der Waals surface area (Å²) in [6.07, 6.45) is 3.64. The van der Waals surface area contributed by atoms with Crippen LogP contribution in [-0.4, -0.2) is 24.3 Å². The zero-order valence-electron chi connectivity index (χ0n) is 11.6. The molecule has 5 nitrogen and oxygen atoms in total. The predicted octanol–water partition coefficient (Wildman–Crippen LogP) is 0.388. The van der Waals surface area contributed by atoms with E-state index in [9.17, 15) is 14.7 Å². The molecule has 0 N–H and O–H groups in total. The lowest BCUT2D eigenvalue weighted by Gasteiger charge is -2.45. The van der Waals surface area contributed by atoms with E-state index in [1.807, 2.05) is 0 Å². The number of epoxide rings is 1. The van der Waals surface area contributed by atoms with E-state index in [1.54, 1.807) is 6.08 Å². The first kappa shape index (κ1) is 12.4. The molecule has 20 heavy (non-hydrogen) atoms. The highest BCUT2D eigenvalue weighted by molar-refractivity contribution is 5.88. The van der Waals surface area contributed by atoms with E-state index in [0.717, 1.165) is 12.8 Å². The second-order valence-corrected chi connectivity index (χ2v) is 7.37. The van der Waals surface area contributed by atoms with Gasteiger partial charge in [-0.15, -0.1) is 0 Å². The van der Waals surface area contributed by atoms with E-state index in [1.165, 1.54) is 0 Å². The molecule has 4 atom stereocenters. The van der Waals surface area contributed by atoms with Gasteiger partial charge in [-0.05, 0) is 29.7 Å². The van der Waals surface area contributed by atoms with Crippen LogP contribution in [0.3, 0.4) is 0 Å². The molecule has 1 saturated carbocycles. The summed E-state index contributed by atoms with van der Waals surface area (Å²) >= 11 is 0. The zero-order chi connectivity index (χ0) is 14.3. The van der Waals surface area contributed by atoms with Crippen LogP contribution in [0, 0.1) is 22.7 Å². The molecular weight excluding hydrogens is 260 g/mol. The Bertz CT molecular complexity index is 557. The summed E-state index contributed by atoms with van der Waals surface area (Å²) in [5.74, 6) is -2.66. The van der Waals surface area contributed by atoms with Gasteiger partial charge in [-0.2, -0.15) is 0 Å². The van der Waals surface area contributed by atoms with Crippen LogP contribution in [0.2, 0.25) is 0 Å². The number of ether oxygens (including phenoxy) is 2. The topological polar surface area (TPSA) is 79.0 Å². The molecule has 2 aliphatic carbocycles. The van der Waals surface area contributed by atoms with Gasteiger partial charge in [-0.3, -0.25) is 4.79 Å². The third-order valence-electron chi connectivity index (χ3n) is 5.58. The standard InChI is InChI=1S/C15H18O5/c1-13(2)5-8-3-9(12(17)18)10-4-11(16)20-15(7-19-15)14(8,10)6-13/h3,8,10H,4-7H2,1-2H3,(H,17,18)/p-1/t8?,10-,14+,15+/m0/s1. The molecule has 2 aliphatic heterocycles. The van der Waals surface area contributed by atoms with Crippen molar-refractivity contribution in [2.24, 2.45) is 22.7 Å². The third-order valence-corrected chi connectivity index (χ3v) is 5.58. The number of allylic oxidation sites excluding steroid dienone is 1. The Balaban J connectivity index is 1.86. The van der Waals surface area contributed by atoms with Gasteiger partial charge in [-0.25, -0.2) is 0 Å². The minimum atomic E-state index is -1.16. The number of esters is 1. The van der Waals surface area contributed by atoms with Gasteiger partial charge >= 0.3 is 5.97 Å². The fourth-order valence-corrected chi connectivity index (χ4v) is 5.04. The average molecular weight is 277 g/mol.